The number of ketones is 2. The van der Waals surface area contributed by atoms with Gasteiger partial charge in [0.2, 0.25) is 0 Å². The molecule has 0 bridgehead atoms. The maximum atomic E-state index is 12.3. The lowest BCUT2D eigenvalue weighted by atomic mass is 9.86. The predicted octanol–water partition coefficient (Wildman–Crippen LogP) is 2.62. The number of rotatable bonds is 1. The van der Waals surface area contributed by atoms with Gasteiger partial charge < -0.3 is 10.2 Å². The lowest BCUT2D eigenvalue weighted by molar-refractivity contribution is 0.0999. The molecule has 2 N–H and O–H groups in total. The van der Waals surface area contributed by atoms with E-state index in [1.807, 2.05) is 5.38 Å². The summed E-state index contributed by atoms with van der Waals surface area (Å²) in [5.74, 6) is -1.44. The van der Waals surface area contributed by atoms with E-state index in [0.717, 1.165) is 6.07 Å². The third-order valence-electron chi connectivity index (χ3n) is 2.95. The molecule has 1 heterocycles. The fourth-order valence-corrected chi connectivity index (χ4v) is 2.75. The molecule has 3 rings (SSSR count). The Morgan fingerprint density at radius 2 is 1.89 bits per heavy atom. The summed E-state index contributed by atoms with van der Waals surface area (Å²) in [5, 5.41) is 22.7. The molecule has 0 fully saturated rings. The molecular weight excluding hydrogens is 264 g/mol. The van der Waals surface area contributed by atoms with Crippen LogP contribution >= 0.6 is 11.3 Å². The molecule has 0 saturated carbocycles. The molecule has 1 aliphatic rings. The van der Waals surface area contributed by atoms with Gasteiger partial charge in [-0.25, -0.2) is 0 Å². The molecule has 0 saturated heterocycles. The van der Waals surface area contributed by atoms with Gasteiger partial charge in [0, 0.05) is 17.2 Å². The second-order valence-electron chi connectivity index (χ2n) is 4.15. The molecule has 0 spiro atoms. The van der Waals surface area contributed by atoms with E-state index in [0.29, 0.717) is 5.56 Å². The van der Waals surface area contributed by atoms with Crippen LogP contribution < -0.4 is 0 Å². The zero-order valence-electron chi connectivity index (χ0n) is 9.58. The first-order valence-electron chi connectivity index (χ1n) is 5.47. The van der Waals surface area contributed by atoms with E-state index >= 15 is 0 Å². The highest BCUT2D eigenvalue weighted by Gasteiger charge is 2.29. The van der Waals surface area contributed by atoms with Crippen LogP contribution in [0.4, 0.5) is 0 Å². The zero-order valence-corrected chi connectivity index (χ0v) is 10.4. The van der Waals surface area contributed by atoms with E-state index in [4.69, 9.17) is 0 Å². The Balaban J connectivity index is 2.23. The number of carbonyl (C=O) groups is 2. The standard InChI is InChI=1S/C14H8O4S/c15-8-3-10-13(11(16)4-8)12(17)5-9(14(10)18)7-1-2-19-6-7/h1-6,15-16H. The Bertz CT molecular complexity index is 726. The van der Waals surface area contributed by atoms with Crippen LogP contribution in [0.1, 0.15) is 26.3 Å². The number of aromatic hydroxyl groups is 2. The number of allylic oxidation sites excluding steroid dienone is 2. The van der Waals surface area contributed by atoms with Crippen molar-refractivity contribution in [1.82, 2.24) is 0 Å². The smallest absolute Gasteiger partial charge is 0.194 e. The molecule has 0 atom stereocenters. The van der Waals surface area contributed by atoms with Crippen molar-refractivity contribution in [1.29, 1.82) is 0 Å². The average Bonchev–Trinajstić information content (AvgIpc) is 2.86. The van der Waals surface area contributed by atoms with Crippen LogP contribution in [0, 0.1) is 0 Å². The number of hydrogen-bond donors (Lipinski definition) is 2. The Morgan fingerprint density at radius 1 is 1.11 bits per heavy atom. The molecule has 0 unspecified atom stereocenters. The van der Waals surface area contributed by atoms with Gasteiger partial charge in [-0.15, -0.1) is 0 Å². The van der Waals surface area contributed by atoms with Gasteiger partial charge in [0.15, 0.2) is 11.6 Å². The van der Waals surface area contributed by atoms with Crippen molar-refractivity contribution in [3.8, 4) is 11.5 Å². The maximum Gasteiger partial charge on any atom is 0.194 e. The molecule has 94 valence electrons. The van der Waals surface area contributed by atoms with Crippen molar-refractivity contribution in [2.45, 2.75) is 0 Å². The summed E-state index contributed by atoms with van der Waals surface area (Å²) in [4.78, 5) is 24.3. The van der Waals surface area contributed by atoms with Crippen LogP contribution in [0.2, 0.25) is 0 Å². The van der Waals surface area contributed by atoms with Gasteiger partial charge >= 0.3 is 0 Å². The minimum atomic E-state index is -0.437. The topological polar surface area (TPSA) is 74.6 Å². The van der Waals surface area contributed by atoms with Crippen LogP contribution in [0.15, 0.2) is 35.0 Å². The molecule has 1 aliphatic carbocycles. The third kappa shape index (κ3) is 1.75. The van der Waals surface area contributed by atoms with Gasteiger partial charge in [0.25, 0.3) is 0 Å². The number of fused-ring (bicyclic) bond motifs is 1. The van der Waals surface area contributed by atoms with Crippen LogP contribution in [0.5, 0.6) is 11.5 Å². The van der Waals surface area contributed by atoms with Gasteiger partial charge in [-0.3, -0.25) is 9.59 Å². The lowest BCUT2D eigenvalue weighted by Crippen LogP contribution is -2.16. The second-order valence-corrected chi connectivity index (χ2v) is 4.93. The van der Waals surface area contributed by atoms with Crippen molar-refractivity contribution in [2.75, 3.05) is 0 Å². The Morgan fingerprint density at radius 3 is 2.58 bits per heavy atom. The fraction of sp³-hybridized carbons (Fsp3) is 0. The maximum absolute atomic E-state index is 12.3. The summed E-state index contributed by atoms with van der Waals surface area (Å²) in [7, 11) is 0. The minimum absolute atomic E-state index is 0.0335. The highest BCUT2D eigenvalue weighted by atomic mass is 32.1. The van der Waals surface area contributed by atoms with Gasteiger partial charge in [0.1, 0.15) is 11.5 Å². The molecule has 19 heavy (non-hydrogen) atoms. The molecule has 4 nitrogen and oxygen atoms in total. The van der Waals surface area contributed by atoms with E-state index in [9.17, 15) is 19.8 Å². The van der Waals surface area contributed by atoms with Gasteiger partial charge in [-0.05, 0) is 34.5 Å². The Labute approximate surface area is 112 Å². The third-order valence-corrected chi connectivity index (χ3v) is 3.63. The summed E-state index contributed by atoms with van der Waals surface area (Å²) in [6, 6.07) is 4.00. The van der Waals surface area contributed by atoms with Crippen molar-refractivity contribution in [3.63, 3.8) is 0 Å². The largest absolute Gasteiger partial charge is 0.508 e. The summed E-state index contributed by atoms with van der Waals surface area (Å²) < 4.78 is 0. The van der Waals surface area contributed by atoms with Crippen LogP contribution in [-0.4, -0.2) is 21.8 Å². The predicted molar refractivity (Wildman–Crippen MR) is 70.7 cm³/mol. The SMILES string of the molecule is O=C1C(c2ccsc2)=CC(=O)c2c(O)cc(O)cc21. The van der Waals surface area contributed by atoms with Crippen LogP contribution in [0.3, 0.4) is 0 Å². The number of hydrogen-bond acceptors (Lipinski definition) is 5. The van der Waals surface area contributed by atoms with E-state index < -0.39 is 5.78 Å². The van der Waals surface area contributed by atoms with Crippen molar-refractivity contribution in [2.24, 2.45) is 0 Å². The molecule has 2 aromatic rings. The highest BCUT2D eigenvalue weighted by molar-refractivity contribution is 7.08. The van der Waals surface area contributed by atoms with Gasteiger partial charge in [-0.1, -0.05) is 0 Å². The molecular formula is C14H8O4S. The second kappa shape index (κ2) is 4.07. The lowest BCUT2D eigenvalue weighted by Gasteiger charge is -2.15. The molecule has 1 aromatic carbocycles. The summed E-state index contributed by atoms with van der Waals surface area (Å²) in [6.45, 7) is 0. The highest BCUT2D eigenvalue weighted by Crippen LogP contribution is 2.35. The summed E-state index contributed by atoms with van der Waals surface area (Å²) >= 11 is 1.42. The molecule has 1 aromatic heterocycles. The quantitative estimate of drug-likeness (QED) is 0.836. The van der Waals surface area contributed by atoms with E-state index in [1.54, 1.807) is 11.4 Å². The molecule has 0 amide bonds. The van der Waals surface area contributed by atoms with E-state index in [1.165, 1.54) is 23.5 Å². The van der Waals surface area contributed by atoms with Crippen molar-refractivity contribution >= 4 is 28.5 Å². The number of benzene rings is 1. The normalized spacial score (nSPS) is 14.2. The minimum Gasteiger partial charge on any atom is -0.508 e. The average molecular weight is 272 g/mol. The first-order chi connectivity index (χ1) is 9.08. The molecule has 5 heteroatoms. The first-order valence-corrected chi connectivity index (χ1v) is 6.41. The Kier molecular flexibility index (Phi) is 2.50. The fourth-order valence-electron chi connectivity index (χ4n) is 2.10. The number of Topliss-reactive ketones (excluding diaryl/α,β-unsaturated/α-hetero) is 1. The van der Waals surface area contributed by atoms with Crippen molar-refractivity contribution in [3.05, 3.63) is 51.7 Å². The summed E-state index contributed by atoms with van der Waals surface area (Å²) in [5.41, 5.74) is 0.925. The number of phenolic OH excluding ortho intramolecular Hbond substituents is 2. The van der Waals surface area contributed by atoms with E-state index in [2.05, 4.69) is 0 Å². The van der Waals surface area contributed by atoms with E-state index in [-0.39, 0.29) is 34.0 Å². The molecule has 0 radical (unpaired) electrons. The number of carbonyl (C=O) groups excluding carboxylic acids is 2. The number of thiophene rings is 1. The molecule has 0 aliphatic heterocycles. The first kappa shape index (κ1) is 11.7. The van der Waals surface area contributed by atoms with Crippen LogP contribution in [-0.2, 0) is 0 Å². The summed E-state index contributed by atoms with van der Waals surface area (Å²) in [6.07, 6.45) is 1.23. The van der Waals surface area contributed by atoms with Crippen molar-refractivity contribution < 1.29 is 19.8 Å². The number of phenols is 2. The van der Waals surface area contributed by atoms with Gasteiger partial charge in [-0.2, -0.15) is 11.3 Å². The van der Waals surface area contributed by atoms with Gasteiger partial charge in [0.05, 0.1) is 5.56 Å². The monoisotopic (exact) mass is 272 g/mol. The Hall–Kier alpha value is -2.40. The van der Waals surface area contributed by atoms with Crippen LogP contribution in [0.25, 0.3) is 5.57 Å². The zero-order chi connectivity index (χ0) is 13.6.